The number of aryl methyl sites for hydroxylation is 1. The Bertz CT molecular complexity index is 1090. The molecule has 1 fully saturated rings. The Labute approximate surface area is 197 Å². The topological polar surface area (TPSA) is 96.4 Å². The van der Waals surface area contributed by atoms with Crippen LogP contribution in [0.1, 0.15) is 46.1 Å². The number of aromatic nitrogens is 2. The van der Waals surface area contributed by atoms with E-state index in [-0.39, 0.29) is 17.9 Å². The second kappa shape index (κ2) is 10.4. The summed E-state index contributed by atoms with van der Waals surface area (Å²) >= 11 is 1.32. The number of amides is 3. The van der Waals surface area contributed by atoms with Crippen molar-refractivity contribution in [3.8, 4) is 5.75 Å². The molecule has 0 saturated carbocycles. The summed E-state index contributed by atoms with van der Waals surface area (Å²) in [6.07, 6.45) is 1.57. The van der Waals surface area contributed by atoms with Crippen LogP contribution in [-0.2, 0) is 0 Å². The van der Waals surface area contributed by atoms with E-state index in [2.05, 4.69) is 20.8 Å². The summed E-state index contributed by atoms with van der Waals surface area (Å²) in [5, 5.41) is 15.3. The highest BCUT2D eigenvalue weighted by atomic mass is 32.1. The van der Waals surface area contributed by atoms with E-state index in [1.54, 1.807) is 4.90 Å². The van der Waals surface area contributed by atoms with Gasteiger partial charge in [0.15, 0.2) is 0 Å². The molecule has 3 aromatic rings. The van der Waals surface area contributed by atoms with Gasteiger partial charge in [-0.3, -0.25) is 4.79 Å². The number of carbonyl (C=O) groups is 2. The molecule has 1 aromatic heterocycles. The van der Waals surface area contributed by atoms with E-state index in [0.29, 0.717) is 24.7 Å². The molecule has 2 heterocycles. The summed E-state index contributed by atoms with van der Waals surface area (Å²) < 4.78 is 5.43. The predicted octanol–water partition coefficient (Wildman–Crippen LogP) is 4.91. The summed E-state index contributed by atoms with van der Waals surface area (Å²) in [5.41, 5.74) is 2.60. The fourth-order valence-electron chi connectivity index (χ4n) is 3.65. The maximum absolute atomic E-state index is 12.6. The zero-order chi connectivity index (χ0) is 23.2. The zero-order valence-corrected chi connectivity index (χ0v) is 19.5. The molecule has 2 N–H and O–H groups in total. The molecule has 0 atom stereocenters. The number of hydrogen-bond donors (Lipinski definition) is 2. The first-order valence-electron chi connectivity index (χ1n) is 11.0. The van der Waals surface area contributed by atoms with E-state index in [1.807, 2.05) is 62.4 Å². The van der Waals surface area contributed by atoms with Crippen LogP contribution in [0, 0.1) is 6.92 Å². The molecule has 1 saturated heterocycles. The summed E-state index contributed by atoms with van der Waals surface area (Å²) in [7, 11) is 0. The number of piperidine rings is 1. The molecule has 0 radical (unpaired) electrons. The number of nitrogens with zero attached hydrogens (tertiary/aromatic N) is 3. The predicted molar refractivity (Wildman–Crippen MR) is 129 cm³/mol. The van der Waals surface area contributed by atoms with E-state index < -0.39 is 0 Å². The smallest absolute Gasteiger partial charge is 0.321 e. The molecule has 8 nitrogen and oxygen atoms in total. The van der Waals surface area contributed by atoms with Crippen LogP contribution in [-0.4, -0.2) is 46.7 Å². The number of anilines is 2. The lowest BCUT2D eigenvalue weighted by Crippen LogP contribution is -2.40. The van der Waals surface area contributed by atoms with Crippen molar-refractivity contribution in [2.45, 2.75) is 32.6 Å². The summed E-state index contributed by atoms with van der Waals surface area (Å²) in [6.45, 7) is 5.78. The van der Waals surface area contributed by atoms with Gasteiger partial charge in [-0.05, 0) is 63.1 Å². The van der Waals surface area contributed by atoms with Gasteiger partial charge in [0.1, 0.15) is 10.8 Å². The molecule has 3 amide bonds. The van der Waals surface area contributed by atoms with Gasteiger partial charge in [0.2, 0.25) is 5.01 Å². The van der Waals surface area contributed by atoms with Crippen LogP contribution in [0.2, 0.25) is 0 Å². The first-order valence-corrected chi connectivity index (χ1v) is 11.8. The van der Waals surface area contributed by atoms with Gasteiger partial charge in [-0.25, -0.2) is 4.79 Å². The van der Waals surface area contributed by atoms with E-state index in [4.69, 9.17) is 4.74 Å². The van der Waals surface area contributed by atoms with E-state index >= 15 is 0 Å². The minimum atomic E-state index is -0.255. The second-order valence-corrected chi connectivity index (χ2v) is 8.92. The summed E-state index contributed by atoms with van der Waals surface area (Å²) in [5.74, 6) is 0.716. The highest BCUT2D eigenvalue weighted by Crippen LogP contribution is 2.30. The Hall–Kier alpha value is -3.46. The number of benzene rings is 2. The normalized spacial score (nSPS) is 14.1. The lowest BCUT2D eigenvalue weighted by molar-refractivity contribution is 0.102. The zero-order valence-electron chi connectivity index (χ0n) is 18.7. The fourth-order valence-corrected chi connectivity index (χ4v) is 4.55. The van der Waals surface area contributed by atoms with Crippen LogP contribution in [0.15, 0.2) is 48.5 Å². The van der Waals surface area contributed by atoms with E-state index in [1.165, 1.54) is 11.3 Å². The van der Waals surface area contributed by atoms with Crippen LogP contribution in [0.4, 0.5) is 16.2 Å². The summed E-state index contributed by atoms with van der Waals surface area (Å²) in [4.78, 5) is 26.9. The van der Waals surface area contributed by atoms with Gasteiger partial charge in [0.05, 0.1) is 6.61 Å². The van der Waals surface area contributed by atoms with Crippen molar-refractivity contribution in [2.75, 3.05) is 30.3 Å². The molecule has 0 aliphatic carbocycles. The molecule has 1 aliphatic heterocycles. The Morgan fingerprint density at radius 1 is 1.00 bits per heavy atom. The molecule has 0 bridgehead atoms. The van der Waals surface area contributed by atoms with Crippen molar-refractivity contribution in [1.82, 2.24) is 15.1 Å². The maximum Gasteiger partial charge on any atom is 0.321 e. The molecule has 9 heteroatoms. The highest BCUT2D eigenvalue weighted by Gasteiger charge is 2.27. The lowest BCUT2D eigenvalue weighted by atomic mass is 9.98. The highest BCUT2D eigenvalue weighted by molar-refractivity contribution is 7.13. The first-order chi connectivity index (χ1) is 16.0. The maximum atomic E-state index is 12.6. The van der Waals surface area contributed by atoms with E-state index in [0.717, 1.165) is 40.5 Å². The number of nitrogens with one attached hydrogen (secondary N) is 2. The average molecular weight is 466 g/mol. The molecule has 2 aromatic carbocycles. The van der Waals surface area contributed by atoms with Gasteiger partial charge < -0.3 is 20.3 Å². The van der Waals surface area contributed by atoms with Gasteiger partial charge in [-0.1, -0.05) is 29.0 Å². The molecular formula is C24H27N5O3S. The van der Waals surface area contributed by atoms with Crippen LogP contribution in [0.25, 0.3) is 0 Å². The van der Waals surface area contributed by atoms with Crippen molar-refractivity contribution in [3.63, 3.8) is 0 Å². The number of urea groups is 1. The third kappa shape index (κ3) is 5.87. The Morgan fingerprint density at radius 3 is 2.30 bits per heavy atom. The fraction of sp³-hybridized carbons (Fsp3) is 0.333. The van der Waals surface area contributed by atoms with E-state index in [9.17, 15) is 9.59 Å². The van der Waals surface area contributed by atoms with Crippen molar-refractivity contribution in [1.29, 1.82) is 0 Å². The number of ether oxygens (including phenoxy) is 1. The van der Waals surface area contributed by atoms with Crippen LogP contribution in [0.3, 0.4) is 0 Å². The monoisotopic (exact) mass is 465 g/mol. The van der Waals surface area contributed by atoms with Crippen molar-refractivity contribution in [3.05, 3.63) is 64.1 Å². The summed E-state index contributed by atoms with van der Waals surface area (Å²) in [6, 6.07) is 14.9. The third-order valence-electron chi connectivity index (χ3n) is 5.49. The molecule has 0 unspecified atom stereocenters. The number of carbonyl (C=O) groups excluding carboxylic acids is 2. The van der Waals surface area contributed by atoms with Crippen molar-refractivity contribution in [2.24, 2.45) is 0 Å². The number of likely N-dealkylation sites (tertiary alicyclic amines) is 1. The molecule has 1 aliphatic rings. The van der Waals surface area contributed by atoms with Crippen molar-refractivity contribution >= 4 is 34.6 Å². The van der Waals surface area contributed by atoms with Gasteiger partial charge in [0, 0.05) is 30.4 Å². The Kier molecular flexibility index (Phi) is 7.19. The number of hydrogen-bond acceptors (Lipinski definition) is 6. The molecular weight excluding hydrogens is 438 g/mol. The minimum Gasteiger partial charge on any atom is -0.494 e. The average Bonchev–Trinajstić information content (AvgIpc) is 3.33. The van der Waals surface area contributed by atoms with Gasteiger partial charge in [-0.2, -0.15) is 0 Å². The van der Waals surface area contributed by atoms with Crippen LogP contribution >= 0.6 is 11.3 Å². The first kappa shape index (κ1) is 22.7. The lowest BCUT2D eigenvalue weighted by Gasteiger charge is -2.31. The van der Waals surface area contributed by atoms with Crippen LogP contribution in [0.5, 0.6) is 5.75 Å². The van der Waals surface area contributed by atoms with Crippen LogP contribution < -0.4 is 15.4 Å². The molecule has 172 valence electrons. The Balaban J connectivity index is 1.28. The number of rotatable bonds is 6. The molecule has 33 heavy (non-hydrogen) atoms. The Morgan fingerprint density at radius 2 is 1.64 bits per heavy atom. The third-order valence-corrected chi connectivity index (χ3v) is 6.58. The minimum absolute atomic E-state index is 0.118. The second-order valence-electron chi connectivity index (χ2n) is 7.91. The SMILES string of the molecule is CCOc1ccc(NC(=O)N2CCC(c3nnc(C(=O)Nc4ccc(C)cc4)s3)CC2)cc1. The van der Waals surface area contributed by atoms with Gasteiger partial charge in [-0.15, -0.1) is 10.2 Å². The quantitative estimate of drug-likeness (QED) is 0.539. The van der Waals surface area contributed by atoms with Crippen molar-refractivity contribution < 1.29 is 14.3 Å². The largest absolute Gasteiger partial charge is 0.494 e. The van der Waals surface area contributed by atoms with Gasteiger partial charge >= 0.3 is 6.03 Å². The molecule has 4 rings (SSSR count). The van der Waals surface area contributed by atoms with Gasteiger partial charge in [0.25, 0.3) is 5.91 Å². The standard InChI is InChI=1S/C24H27N5O3S/c1-3-32-20-10-8-19(9-11-20)26-24(31)29-14-12-17(13-15-29)22-27-28-23(33-22)21(30)25-18-6-4-16(2)5-7-18/h4-11,17H,3,12-15H2,1-2H3,(H,25,30)(H,26,31). The molecule has 0 spiro atoms.